The van der Waals surface area contributed by atoms with E-state index < -0.39 is 17.5 Å². The average molecular weight is 342 g/mol. The largest absolute Gasteiger partial charge is 0.345 e. The molecule has 0 spiro atoms. The minimum atomic E-state index is -0.542. The maximum Gasteiger partial charge on any atom is 0.325 e. The van der Waals surface area contributed by atoms with E-state index in [0.717, 1.165) is 23.3 Å². The van der Waals surface area contributed by atoms with E-state index >= 15 is 0 Å². The molecule has 1 saturated heterocycles. The van der Waals surface area contributed by atoms with Gasteiger partial charge in [-0.15, -0.1) is 0 Å². The van der Waals surface area contributed by atoms with Gasteiger partial charge < -0.3 is 10.6 Å². The number of carbonyl (C=O) groups is 3. The Bertz CT molecular complexity index is 657. The third-order valence-corrected chi connectivity index (χ3v) is 4.58. The lowest BCUT2D eigenvalue weighted by Gasteiger charge is -2.20. The standard InChI is InChI=1S/C14H13Cl2N3O3/c15-9-2-1-8(5-10(9)16)14(3-4-14)18-11(20)7-19-12(21)6-17-13(19)22/h1-2,5H,3-4,6-7H2,(H,17,22)(H,18,20). The molecule has 1 aliphatic heterocycles. The Kier molecular flexibility index (Phi) is 3.74. The van der Waals surface area contributed by atoms with Crippen LogP contribution in [0.25, 0.3) is 0 Å². The van der Waals surface area contributed by atoms with Crippen molar-refractivity contribution in [1.29, 1.82) is 0 Å². The van der Waals surface area contributed by atoms with Gasteiger partial charge in [0.25, 0.3) is 5.91 Å². The lowest BCUT2D eigenvalue weighted by atomic mass is 10.0. The molecule has 1 aliphatic carbocycles. The van der Waals surface area contributed by atoms with Gasteiger partial charge in [-0.25, -0.2) is 4.79 Å². The molecule has 0 bridgehead atoms. The number of urea groups is 1. The van der Waals surface area contributed by atoms with Crippen molar-refractivity contribution < 1.29 is 14.4 Å². The zero-order chi connectivity index (χ0) is 15.9. The first-order valence-electron chi connectivity index (χ1n) is 6.76. The van der Waals surface area contributed by atoms with E-state index in [1.165, 1.54) is 0 Å². The Labute approximate surface area is 136 Å². The highest BCUT2D eigenvalue weighted by molar-refractivity contribution is 6.42. The Morgan fingerprint density at radius 2 is 2.00 bits per heavy atom. The summed E-state index contributed by atoms with van der Waals surface area (Å²) in [6.07, 6.45) is 1.55. The summed E-state index contributed by atoms with van der Waals surface area (Å²) in [6, 6.07) is 4.68. The molecule has 1 aromatic carbocycles. The fraction of sp³-hybridized carbons (Fsp3) is 0.357. The molecular formula is C14H13Cl2N3O3. The van der Waals surface area contributed by atoms with Gasteiger partial charge in [-0.3, -0.25) is 14.5 Å². The van der Waals surface area contributed by atoms with E-state index in [-0.39, 0.29) is 19.0 Å². The van der Waals surface area contributed by atoms with E-state index in [9.17, 15) is 14.4 Å². The molecule has 8 heteroatoms. The molecule has 4 amide bonds. The quantitative estimate of drug-likeness (QED) is 0.817. The van der Waals surface area contributed by atoms with Crippen molar-refractivity contribution >= 4 is 41.0 Å². The molecule has 0 radical (unpaired) electrons. The summed E-state index contributed by atoms with van der Waals surface area (Å²) in [6.45, 7) is -0.349. The lowest BCUT2D eigenvalue weighted by Crippen LogP contribution is -2.44. The normalized spacial score (nSPS) is 19.1. The van der Waals surface area contributed by atoms with Gasteiger partial charge in [-0.1, -0.05) is 29.3 Å². The van der Waals surface area contributed by atoms with Crippen LogP contribution in [0.2, 0.25) is 10.0 Å². The van der Waals surface area contributed by atoms with Gasteiger partial charge >= 0.3 is 6.03 Å². The second kappa shape index (κ2) is 5.44. The van der Waals surface area contributed by atoms with Crippen LogP contribution in [0.5, 0.6) is 0 Å². The van der Waals surface area contributed by atoms with Crippen LogP contribution >= 0.6 is 23.2 Å². The van der Waals surface area contributed by atoms with Crippen molar-refractivity contribution in [3.8, 4) is 0 Å². The van der Waals surface area contributed by atoms with E-state index in [0.29, 0.717) is 10.0 Å². The first-order valence-corrected chi connectivity index (χ1v) is 7.52. The summed E-state index contributed by atoms with van der Waals surface area (Å²) in [5, 5.41) is 6.13. The second-order valence-electron chi connectivity index (χ2n) is 5.40. The highest BCUT2D eigenvalue weighted by atomic mass is 35.5. The zero-order valence-corrected chi connectivity index (χ0v) is 13.0. The third kappa shape index (κ3) is 2.76. The Hall–Kier alpha value is -1.79. The molecule has 0 aromatic heterocycles. The van der Waals surface area contributed by atoms with Crippen LogP contribution in [0.4, 0.5) is 4.79 Å². The van der Waals surface area contributed by atoms with E-state index in [1.54, 1.807) is 12.1 Å². The number of hydrogen-bond acceptors (Lipinski definition) is 3. The number of nitrogens with one attached hydrogen (secondary N) is 2. The molecule has 0 atom stereocenters. The molecule has 3 rings (SSSR count). The molecular weight excluding hydrogens is 329 g/mol. The second-order valence-corrected chi connectivity index (χ2v) is 6.21. The van der Waals surface area contributed by atoms with E-state index in [2.05, 4.69) is 10.6 Å². The number of benzene rings is 1. The van der Waals surface area contributed by atoms with Gasteiger partial charge in [0.15, 0.2) is 0 Å². The maximum absolute atomic E-state index is 12.1. The summed E-state index contributed by atoms with van der Waals surface area (Å²) in [5.74, 6) is -0.784. The summed E-state index contributed by atoms with van der Waals surface area (Å²) >= 11 is 11.9. The van der Waals surface area contributed by atoms with Crippen LogP contribution in [0.1, 0.15) is 18.4 Å². The van der Waals surface area contributed by atoms with Crippen molar-refractivity contribution in [1.82, 2.24) is 15.5 Å². The monoisotopic (exact) mass is 341 g/mol. The predicted molar refractivity (Wildman–Crippen MR) is 80.6 cm³/mol. The molecule has 0 unspecified atom stereocenters. The van der Waals surface area contributed by atoms with Gasteiger partial charge in [-0.05, 0) is 30.5 Å². The fourth-order valence-electron chi connectivity index (χ4n) is 2.47. The number of carbonyl (C=O) groups excluding carboxylic acids is 3. The van der Waals surface area contributed by atoms with Crippen molar-refractivity contribution in [2.24, 2.45) is 0 Å². The molecule has 116 valence electrons. The highest BCUT2D eigenvalue weighted by Crippen LogP contribution is 2.46. The summed E-state index contributed by atoms with van der Waals surface area (Å²) in [5.41, 5.74) is 0.386. The van der Waals surface area contributed by atoms with Crippen molar-refractivity contribution in [2.45, 2.75) is 18.4 Å². The van der Waals surface area contributed by atoms with E-state index in [4.69, 9.17) is 23.2 Å². The number of amides is 4. The molecule has 2 aliphatic rings. The lowest BCUT2D eigenvalue weighted by molar-refractivity contribution is -0.131. The average Bonchev–Trinajstić information content (AvgIpc) is 3.18. The van der Waals surface area contributed by atoms with Gasteiger partial charge in [0, 0.05) is 0 Å². The molecule has 6 nitrogen and oxygen atoms in total. The van der Waals surface area contributed by atoms with E-state index in [1.807, 2.05) is 6.07 Å². The number of rotatable bonds is 4. The van der Waals surface area contributed by atoms with Crippen molar-refractivity contribution in [2.75, 3.05) is 13.1 Å². The number of halogens is 2. The van der Waals surface area contributed by atoms with Crippen LogP contribution in [0.3, 0.4) is 0 Å². The van der Waals surface area contributed by atoms with Crippen molar-refractivity contribution in [3.63, 3.8) is 0 Å². The first-order chi connectivity index (χ1) is 10.4. The van der Waals surface area contributed by atoms with Gasteiger partial charge in [0.05, 0.1) is 22.1 Å². The van der Waals surface area contributed by atoms with Crippen LogP contribution in [-0.2, 0) is 15.1 Å². The molecule has 1 heterocycles. The Morgan fingerprint density at radius 3 is 2.55 bits per heavy atom. The number of imide groups is 1. The number of nitrogens with zero attached hydrogens (tertiary/aromatic N) is 1. The van der Waals surface area contributed by atoms with Crippen LogP contribution in [-0.4, -0.2) is 35.8 Å². The van der Waals surface area contributed by atoms with Crippen LogP contribution < -0.4 is 10.6 Å². The molecule has 22 heavy (non-hydrogen) atoms. The van der Waals surface area contributed by atoms with Gasteiger partial charge in [0.1, 0.15) is 6.54 Å². The minimum Gasteiger partial charge on any atom is -0.345 e. The molecule has 1 aromatic rings. The molecule has 1 saturated carbocycles. The Morgan fingerprint density at radius 1 is 1.27 bits per heavy atom. The predicted octanol–water partition coefficient (Wildman–Crippen LogP) is 1.65. The van der Waals surface area contributed by atoms with Crippen LogP contribution in [0, 0.1) is 0 Å². The number of hydrogen-bond donors (Lipinski definition) is 2. The molecule has 2 N–H and O–H groups in total. The maximum atomic E-state index is 12.1. The summed E-state index contributed by atoms with van der Waals surface area (Å²) in [7, 11) is 0. The Balaban J connectivity index is 1.69. The minimum absolute atomic E-state index is 0.0654. The van der Waals surface area contributed by atoms with Gasteiger partial charge in [0.2, 0.25) is 5.91 Å². The van der Waals surface area contributed by atoms with Gasteiger partial charge in [-0.2, -0.15) is 0 Å². The SMILES string of the molecule is O=C(CN1C(=O)CNC1=O)NC1(c2ccc(Cl)c(Cl)c2)CC1. The highest BCUT2D eigenvalue weighted by Gasteiger charge is 2.46. The van der Waals surface area contributed by atoms with Crippen molar-refractivity contribution in [3.05, 3.63) is 33.8 Å². The first kappa shape index (κ1) is 15.1. The topological polar surface area (TPSA) is 78.5 Å². The summed E-state index contributed by atoms with van der Waals surface area (Å²) < 4.78 is 0. The molecule has 2 fully saturated rings. The zero-order valence-electron chi connectivity index (χ0n) is 11.5. The summed E-state index contributed by atoms with van der Waals surface area (Å²) in [4.78, 5) is 35.9. The smallest absolute Gasteiger partial charge is 0.325 e. The fourth-order valence-corrected chi connectivity index (χ4v) is 2.77. The third-order valence-electron chi connectivity index (χ3n) is 3.84. The van der Waals surface area contributed by atoms with Crippen LogP contribution in [0.15, 0.2) is 18.2 Å².